The van der Waals surface area contributed by atoms with E-state index in [2.05, 4.69) is 5.32 Å². The highest BCUT2D eigenvalue weighted by atomic mass is 19.4. The van der Waals surface area contributed by atoms with Crippen LogP contribution in [0.4, 0.5) is 18.9 Å². The molecule has 1 saturated heterocycles. The molecule has 2 aromatic carbocycles. The Hall–Kier alpha value is -2.83. The summed E-state index contributed by atoms with van der Waals surface area (Å²) in [5, 5.41) is 2.45. The highest BCUT2D eigenvalue weighted by Gasteiger charge is 2.37. The van der Waals surface area contributed by atoms with Gasteiger partial charge >= 0.3 is 6.18 Å². The normalized spacial score (nSPS) is 17.3. The Labute approximate surface area is 155 Å². The Kier molecular flexibility index (Phi) is 4.95. The maximum absolute atomic E-state index is 13.1. The molecule has 1 heterocycles. The van der Waals surface area contributed by atoms with Crippen molar-refractivity contribution in [3.63, 3.8) is 0 Å². The minimum Gasteiger partial charge on any atom is -0.340 e. The molecule has 7 heteroatoms. The van der Waals surface area contributed by atoms with Crippen LogP contribution in [0.25, 0.3) is 0 Å². The fraction of sp³-hybridized carbons (Fsp3) is 0.300. The van der Waals surface area contributed by atoms with Crippen molar-refractivity contribution in [1.29, 1.82) is 0 Å². The zero-order valence-electron chi connectivity index (χ0n) is 14.9. The van der Waals surface area contributed by atoms with Gasteiger partial charge < -0.3 is 10.2 Å². The Morgan fingerprint density at radius 1 is 1.11 bits per heavy atom. The van der Waals surface area contributed by atoms with Crippen molar-refractivity contribution >= 4 is 17.5 Å². The average molecular weight is 376 g/mol. The van der Waals surface area contributed by atoms with Gasteiger partial charge in [0, 0.05) is 12.2 Å². The molecule has 142 valence electrons. The van der Waals surface area contributed by atoms with E-state index in [4.69, 9.17) is 0 Å². The number of hydrogen-bond acceptors (Lipinski definition) is 2. The van der Waals surface area contributed by atoms with Crippen LogP contribution in [0.1, 0.15) is 33.5 Å². The van der Waals surface area contributed by atoms with Gasteiger partial charge in [-0.05, 0) is 55.7 Å². The van der Waals surface area contributed by atoms with Crippen LogP contribution in [0.5, 0.6) is 0 Å². The average Bonchev–Trinajstić information content (AvgIpc) is 2.97. The van der Waals surface area contributed by atoms with E-state index >= 15 is 0 Å². The summed E-state index contributed by atoms with van der Waals surface area (Å²) in [4.78, 5) is 26.6. The van der Waals surface area contributed by atoms with Gasteiger partial charge in [0.25, 0.3) is 5.91 Å². The van der Waals surface area contributed by atoms with Crippen molar-refractivity contribution in [3.05, 3.63) is 64.7 Å². The number of carbonyl (C=O) groups is 2. The number of hydrogen-bond donors (Lipinski definition) is 1. The van der Waals surface area contributed by atoms with Gasteiger partial charge in [-0.3, -0.25) is 9.59 Å². The highest BCUT2D eigenvalue weighted by molar-refractivity contribution is 6.04. The largest absolute Gasteiger partial charge is 0.417 e. The zero-order chi connectivity index (χ0) is 19.8. The third-order valence-corrected chi connectivity index (χ3v) is 4.79. The number of aryl methyl sites for hydroxylation is 2. The van der Waals surface area contributed by atoms with Gasteiger partial charge in [-0.1, -0.05) is 18.2 Å². The number of anilines is 1. The summed E-state index contributed by atoms with van der Waals surface area (Å²) in [7, 11) is 0. The Bertz CT molecular complexity index is 893. The molecular formula is C20H19F3N2O2. The van der Waals surface area contributed by atoms with E-state index in [0.717, 1.165) is 28.9 Å². The maximum Gasteiger partial charge on any atom is 0.417 e. The van der Waals surface area contributed by atoms with Crippen LogP contribution < -0.4 is 10.2 Å². The van der Waals surface area contributed by atoms with E-state index in [1.165, 1.54) is 12.1 Å². The number of rotatable bonds is 3. The minimum absolute atomic E-state index is 0.323. The second-order valence-electron chi connectivity index (χ2n) is 6.62. The molecule has 2 aromatic rings. The molecule has 1 N–H and O–H groups in total. The molecule has 0 spiro atoms. The van der Waals surface area contributed by atoms with Crippen molar-refractivity contribution < 1.29 is 22.8 Å². The molecule has 1 fully saturated rings. The lowest BCUT2D eigenvalue weighted by atomic mass is 10.1. The van der Waals surface area contributed by atoms with Crippen molar-refractivity contribution in [2.24, 2.45) is 0 Å². The monoisotopic (exact) mass is 376 g/mol. The topological polar surface area (TPSA) is 49.4 Å². The second-order valence-corrected chi connectivity index (χ2v) is 6.62. The third kappa shape index (κ3) is 3.82. The Balaban J connectivity index is 1.77. The predicted molar refractivity (Wildman–Crippen MR) is 95.6 cm³/mol. The third-order valence-electron chi connectivity index (χ3n) is 4.79. The fourth-order valence-corrected chi connectivity index (χ4v) is 3.13. The van der Waals surface area contributed by atoms with Gasteiger partial charge in [0.05, 0.1) is 11.1 Å². The van der Waals surface area contributed by atoms with Gasteiger partial charge in [-0.2, -0.15) is 13.2 Å². The van der Waals surface area contributed by atoms with E-state index in [-0.39, 0.29) is 5.91 Å². The van der Waals surface area contributed by atoms with Crippen molar-refractivity contribution in [2.45, 2.75) is 32.5 Å². The van der Waals surface area contributed by atoms with Gasteiger partial charge in [-0.15, -0.1) is 0 Å². The lowest BCUT2D eigenvalue weighted by molar-refractivity contribution is -0.137. The molecule has 0 aliphatic carbocycles. The number of benzene rings is 2. The Morgan fingerprint density at radius 3 is 2.48 bits per heavy atom. The van der Waals surface area contributed by atoms with Crippen LogP contribution >= 0.6 is 0 Å². The molecule has 1 aliphatic rings. The fourth-order valence-electron chi connectivity index (χ4n) is 3.13. The standard InChI is InChI=1S/C20H19F3N2O2/c1-12-7-8-14(11-13(12)2)25-10-9-17(19(25)27)24-18(26)15-5-3-4-6-16(15)20(21,22)23/h3-8,11,17H,9-10H2,1-2H3,(H,24,26)/t17-/m0/s1. The van der Waals surface area contributed by atoms with Gasteiger partial charge in [0.15, 0.2) is 0 Å². The molecule has 3 rings (SSSR count). The minimum atomic E-state index is -4.64. The molecule has 1 atom stereocenters. The van der Waals surface area contributed by atoms with Crippen LogP contribution in [-0.4, -0.2) is 24.4 Å². The number of alkyl halides is 3. The van der Waals surface area contributed by atoms with E-state index < -0.39 is 29.3 Å². The summed E-state index contributed by atoms with van der Waals surface area (Å²) in [6.07, 6.45) is -4.30. The summed E-state index contributed by atoms with van der Waals surface area (Å²) in [5.41, 5.74) is 1.35. The van der Waals surface area contributed by atoms with Crippen LogP contribution in [0.2, 0.25) is 0 Å². The van der Waals surface area contributed by atoms with Crippen LogP contribution in [0, 0.1) is 13.8 Å². The summed E-state index contributed by atoms with van der Waals surface area (Å²) >= 11 is 0. The quantitative estimate of drug-likeness (QED) is 0.884. The number of nitrogens with zero attached hydrogens (tertiary/aromatic N) is 1. The first-order valence-electron chi connectivity index (χ1n) is 8.54. The molecule has 0 unspecified atom stereocenters. The van der Waals surface area contributed by atoms with Crippen LogP contribution in [0.15, 0.2) is 42.5 Å². The molecule has 0 saturated carbocycles. The SMILES string of the molecule is Cc1ccc(N2CC[C@H](NC(=O)c3ccccc3C(F)(F)F)C2=O)cc1C. The first kappa shape index (κ1) is 18.9. The highest BCUT2D eigenvalue weighted by Crippen LogP contribution is 2.32. The molecule has 0 bridgehead atoms. The van der Waals surface area contributed by atoms with Crippen molar-refractivity contribution in [3.8, 4) is 0 Å². The zero-order valence-corrected chi connectivity index (χ0v) is 14.9. The molecular weight excluding hydrogens is 357 g/mol. The first-order chi connectivity index (χ1) is 12.7. The molecule has 2 amide bonds. The first-order valence-corrected chi connectivity index (χ1v) is 8.54. The van der Waals surface area contributed by atoms with Crippen LogP contribution in [0.3, 0.4) is 0 Å². The predicted octanol–water partition coefficient (Wildman–Crippen LogP) is 3.86. The lowest BCUT2D eigenvalue weighted by Gasteiger charge is -2.19. The Morgan fingerprint density at radius 2 is 1.81 bits per heavy atom. The summed E-state index contributed by atoms with van der Waals surface area (Å²) < 4.78 is 39.3. The van der Waals surface area contributed by atoms with E-state index in [0.29, 0.717) is 13.0 Å². The maximum atomic E-state index is 13.1. The number of nitrogens with one attached hydrogen (secondary N) is 1. The summed E-state index contributed by atoms with van der Waals surface area (Å²) in [6.45, 7) is 4.30. The van der Waals surface area contributed by atoms with Gasteiger partial charge in [-0.25, -0.2) is 0 Å². The summed E-state index contributed by atoms with van der Waals surface area (Å²) in [6, 6.07) is 9.32. The second kappa shape index (κ2) is 7.06. The molecule has 1 aliphatic heterocycles. The van der Waals surface area contributed by atoms with E-state index in [1.807, 2.05) is 32.0 Å². The molecule has 4 nitrogen and oxygen atoms in total. The van der Waals surface area contributed by atoms with E-state index in [9.17, 15) is 22.8 Å². The van der Waals surface area contributed by atoms with E-state index in [1.54, 1.807) is 4.90 Å². The molecule has 0 aromatic heterocycles. The number of amides is 2. The van der Waals surface area contributed by atoms with Gasteiger partial charge in [0.2, 0.25) is 5.91 Å². The molecule has 0 radical (unpaired) electrons. The lowest BCUT2D eigenvalue weighted by Crippen LogP contribution is -2.42. The summed E-state index contributed by atoms with van der Waals surface area (Å²) in [5.74, 6) is -1.22. The van der Waals surface area contributed by atoms with Crippen LogP contribution in [-0.2, 0) is 11.0 Å². The van der Waals surface area contributed by atoms with Crippen molar-refractivity contribution in [1.82, 2.24) is 5.32 Å². The number of carbonyl (C=O) groups excluding carboxylic acids is 2. The smallest absolute Gasteiger partial charge is 0.340 e. The van der Waals surface area contributed by atoms with Gasteiger partial charge in [0.1, 0.15) is 6.04 Å². The number of halogens is 3. The molecule has 27 heavy (non-hydrogen) atoms. The van der Waals surface area contributed by atoms with Crippen molar-refractivity contribution in [2.75, 3.05) is 11.4 Å².